The minimum absolute atomic E-state index is 0.0165. The van der Waals surface area contributed by atoms with Gasteiger partial charge in [0, 0.05) is 0 Å². The summed E-state index contributed by atoms with van der Waals surface area (Å²) >= 11 is 0. The highest BCUT2D eigenvalue weighted by atomic mass is 32.2. The second-order valence-electron chi connectivity index (χ2n) is 11.6. The van der Waals surface area contributed by atoms with Gasteiger partial charge in [-0.2, -0.15) is 4.31 Å². The largest absolute Gasteiger partial charge is 0.463 e. The highest BCUT2D eigenvalue weighted by Gasteiger charge is 2.50. The molecular formula is C36H38N2O6S2. The number of nitrogens with one attached hydrogen (secondary N) is 1. The minimum Gasteiger partial charge on any atom is -0.463 e. The van der Waals surface area contributed by atoms with Crippen LogP contribution in [0.1, 0.15) is 52.4 Å². The zero-order chi connectivity index (χ0) is 33.2. The molecule has 0 radical (unpaired) electrons. The molecule has 0 bridgehead atoms. The number of benzene rings is 4. The lowest BCUT2D eigenvalue weighted by atomic mass is 9.99. The summed E-state index contributed by atoms with van der Waals surface area (Å²) in [5.74, 6) is -0.677. The average Bonchev–Trinajstić information content (AvgIpc) is 3.43. The molecule has 240 valence electrons. The maximum atomic E-state index is 14.8. The highest BCUT2D eigenvalue weighted by Crippen LogP contribution is 2.45. The van der Waals surface area contributed by atoms with Crippen molar-refractivity contribution in [1.29, 1.82) is 0 Å². The van der Waals surface area contributed by atoms with Gasteiger partial charge in [0.2, 0.25) is 20.0 Å². The fourth-order valence-corrected chi connectivity index (χ4v) is 8.54. The number of carbonyl (C=O) groups is 1. The highest BCUT2D eigenvalue weighted by molar-refractivity contribution is 7.89. The van der Waals surface area contributed by atoms with Crippen molar-refractivity contribution in [2.75, 3.05) is 6.61 Å². The molecule has 3 atom stereocenters. The summed E-state index contributed by atoms with van der Waals surface area (Å²) in [5.41, 5.74) is 4.85. The van der Waals surface area contributed by atoms with E-state index < -0.39 is 44.1 Å². The summed E-state index contributed by atoms with van der Waals surface area (Å²) < 4.78 is 66.9. The lowest BCUT2D eigenvalue weighted by Crippen LogP contribution is -2.47. The van der Waals surface area contributed by atoms with Crippen LogP contribution in [-0.2, 0) is 29.6 Å². The first-order valence-corrected chi connectivity index (χ1v) is 18.0. The van der Waals surface area contributed by atoms with Crippen molar-refractivity contribution >= 4 is 26.0 Å². The molecule has 0 amide bonds. The minimum atomic E-state index is -4.34. The number of aryl methyl sites for hydroxylation is 4. The van der Waals surface area contributed by atoms with Gasteiger partial charge in [0.15, 0.2) is 0 Å². The van der Waals surface area contributed by atoms with Crippen LogP contribution in [0.25, 0.3) is 0 Å². The molecule has 4 aromatic rings. The standard InChI is InChI=1S/C36H38N2O6S2/c1-6-44-36(39)32-23-33(34(28-15-7-24(2)8-16-28)37-45(40,41)30-19-11-26(4)12-20-30)38(35(32)29-17-9-25(3)10-18-29)46(42,43)31-21-13-27(5)14-22-31/h7-23,33-35,37H,6H2,1-5H3/t33-,34?,35-/m1/s1. The van der Waals surface area contributed by atoms with Gasteiger partial charge in [-0.25, -0.2) is 26.4 Å². The quantitative estimate of drug-likeness (QED) is 0.202. The van der Waals surface area contributed by atoms with Crippen molar-refractivity contribution in [2.24, 2.45) is 0 Å². The molecule has 0 saturated heterocycles. The molecule has 0 aromatic heterocycles. The number of carbonyl (C=O) groups excluding carboxylic acids is 1. The lowest BCUT2D eigenvalue weighted by Gasteiger charge is -2.35. The number of esters is 1. The van der Waals surface area contributed by atoms with E-state index in [1.54, 1.807) is 55.5 Å². The summed E-state index contributed by atoms with van der Waals surface area (Å²) in [4.78, 5) is 13.6. The number of hydrogen-bond donors (Lipinski definition) is 1. The van der Waals surface area contributed by atoms with E-state index in [4.69, 9.17) is 4.74 Å². The van der Waals surface area contributed by atoms with Crippen LogP contribution in [0, 0.1) is 27.7 Å². The van der Waals surface area contributed by atoms with E-state index in [0.29, 0.717) is 11.1 Å². The first kappa shape index (κ1) is 33.3. The van der Waals surface area contributed by atoms with E-state index in [1.165, 1.54) is 34.6 Å². The fourth-order valence-electron chi connectivity index (χ4n) is 5.56. The van der Waals surface area contributed by atoms with Gasteiger partial charge >= 0.3 is 5.97 Å². The second-order valence-corrected chi connectivity index (χ2v) is 15.2. The zero-order valence-electron chi connectivity index (χ0n) is 26.5. The summed E-state index contributed by atoms with van der Waals surface area (Å²) in [6, 6.07) is 24.0. The predicted octanol–water partition coefficient (Wildman–Crippen LogP) is 6.24. The van der Waals surface area contributed by atoms with Crippen molar-refractivity contribution in [3.05, 3.63) is 142 Å². The molecule has 46 heavy (non-hydrogen) atoms. The molecule has 1 unspecified atom stereocenters. The number of nitrogens with zero attached hydrogens (tertiary/aromatic N) is 1. The zero-order valence-corrected chi connectivity index (χ0v) is 28.1. The van der Waals surface area contributed by atoms with Gasteiger partial charge < -0.3 is 4.74 Å². The number of rotatable bonds is 10. The van der Waals surface area contributed by atoms with E-state index in [2.05, 4.69) is 4.72 Å². The average molecular weight is 659 g/mol. The molecule has 10 heteroatoms. The molecule has 1 aliphatic rings. The van der Waals surface area contributed by atoms with Crippen LogP contribution in [0.5, 0.6) is 0 Å². The Bertz CT molecular complexity index is 1950. The Kier molecular flexibility index (Phi) is 9.65. The smallest absolute Gasteiger partial charge is 0.335 e. The van der Waals surface area contributed by atoms with Crippen molar-refractivity contribution in [1.82, 2.24) is 9.03 Å². The Labute approximate surface area is 271 Å². The molecule has 1 aliphatic heterocycles. The van der Waals surface area contributed by atoms with E-state index in [0.717, 1.165) is 22.3 Å². The molecule has 5 rings (SSSR count). The van der Waals surface area contributed by atoms with Gasteiger partial charge in [-0.3, -0.25) is 0 Å². The number of hydrogen-bond acceptors (Lipinski definition) is 6. The first-order chi connectivity index (χ1) is 21.8. The molecule has 1 heterocycles. The Hall–Kier alpha value is -4.09. The molecule has 0 saturated carbocycles. The lowest BCUT2D eigenvalue weighted by molar-refractivity contribution is -0.138. The molecule has 0 aliphatic carbocycles. The summed E-state index contributed by atoms with van der Waals surface area (Å²) in [6.45, 7) is 9.30. The molecule has 0 spiro atoms. The predicted molar refractivity (Wildman–Crippen MR) is 178 cm³/mol. The van der Waals surface area contributed by atoms with Crippen LogP contribution in [0.2, 0.25) is 0 Å². The summed E-state index contributed by atoms with van der Waals surface area (Å²) in [5, 5.41) is 0. The fraction of sp³-hybridized carbons (Fsp3) is 0.250. The Morgan fingerprint density at radius 2 is 1.17 bits per heavy atom. The SMILES string of the molecule is CCOC(=O)C1=C[C@H](C(NS(=O)(=O)c2ccc(C)cc2)c2ccc(C)cc2)N(S(=O)(=O)c2ccc(C)cc2)[C@@H]1c1ccc(C)cc1. The molecular weight excluding hydrogens is 621 g/mol. The van der Waals surface area contributed by atoms with Gasteiger partial charge in [0.25, 0.3) is 0 Å². The molecule has 1 N–H and O–H groups in total. The Balaban J connectivity index is 1.76. The van der Waals surface area contributed by atoms with Crippen LogP contribution in [0.15, 0.2) is 119 Å². The monoisotopic (exact) mass is 658 g/mol. The van der Waals surface area contributed by atoms with Crippen LogP contribution >= 0.6 is 0 Å². The Morgan fingerprint density at radius 1 is 0.717 bits per heavy atom. The first-order valence-electron chi connectivity index (χ1n) is 15.0. The topological polar surface area (TPSA) is 110 Å². The summed E-state index contributed by atoms with van der Waals surface area (Å²) in [7, 11) is -8.51. The van der Waals surface area contributed by atoms with E-state index >= 15 is 0 Å². The van der Waals surface area contributed by atoms with Crippen molar-refractivity contribution < 1.29 is 26.4 Å². The maximum Gasteiger partial charge on any atom is 0.335 e. The number of ether oxygens (including phenoxy) is 1. The van der Waals surface area contributed by atoms with E-state index in [9.17, 15) is 21.6 Å². The van der Waals surface area contributed by atoms with Gasteiger partial charge in [-0.05, 0) is 70.0 Å². The van der Waals surface area contributed by atoms with E-state index in [1.807, 2.05) is 52.0 Å². The molecule has 0 fully saturated rings. The number of sulfonamides is 2. The third kappa shape index (κ3) is 6.85. The third-order valence-corrected chi connectivity index (χ3v) is 11.4. The van der Waals surface area contributed by atoms with Crippen molar-refractivity contribution in [3.8, 4) is 0 Å². The summed E-state index contributed by atoms with van der Waals surface area (Å²) in [6.07, 6.45) is 1.54. The maximum absolute atomic E-state index is 14.8. The third-order valence-electron chi connectivity index (χ3n) is 8.09. The van der Waals surface area contributed by atoms with Crippen LogP contribution < -0.4 is 4.72 Å². The van der Waals surface area contributed by atoms with Crippen LogP contribution in [0.4, 0.5) is 0 Å². The van der Waals surface area contributed by atoms with E-state index in [-0.39, 0.29) is 22.0 Å². The van der Waals surface area contributed by atoms with Crippen LogP contribution in [0.3, 0.4) is 0 Å². The molecule has 4 aromatic carbocycles. The van der Waals surface area contributed by atoms with Crippen LogP contribution in [-0.4, -0.2) is 39.8 Å². The normalized spacial score (nSPS) is 17.8. The van der Waals surface area contributed by atoms with Gasteiger partial charge in [0.05, 0.1) is 40.1 Å². The van der Waals surface area contributed by atoms with Gasteiger partial charge in [0.1, 0.15) is 0 Å². The second kappa shape index (κ2) is 13.3. The van der Waals surface area contributed by atoms with Crippen molar-refractivity contribution in [2.45, 2.75) is 62.5 Å². The van der Waals surface area contributed by atoms with Crippen molar-refractivity contribution in [3.63, 3.8) is 0 Å². The molecule has 8 nitrogen and oxygen atoms in total. The van der Waals surface area contributed by atoms with Gasteiger partial charge in [-0.1, -0.05) is 101 Å². The van der Waals surface area contributed by atoms with Gasteiger partial charge in [-0.15, -0.1) is 0 Å². The Morgan fingerprint density at radius 3 is 1.67 bits per heavy atom.